The molecule has 2 aliphatic carbocycles. The fourth-order valence-corrected chi connectivity index (χ4v) is 3.95. The van der Waals surface area contributed by atoms with Crippen LogP contribution in [0.2, 0.25) is 0 Å². The molecule has 2 heteroatoms. The number of hydrazine groups is 1. The number of nitrogens with two attached hydrogens (primary N) is 1. The first-order valence-corrected chi connectivity index (χ1v) is 7.80. The maximum absolute atomic E-state index is 5.87. The molecule has 0 saturated heterocycles. The molecule has 19 heavy (non-hydrogen) atoms. The van der Waals surface area contributed by atoms with Crippen molar-refractivity contribution in [2.75, 3.05) is 0 Å². The van der Waals surface area contributed by atoms with Gasteiger partial charge in [-0.15, -0.1) is 0 Å². The quantitative estimate of drug-likeness (QED) is 0.641. The van der Waals surface area contributed by atoms with Crippen molar-refractivity contribution in [3.63, 3.8) is 0 Å². The molecule has 104 valence electrons. The smallest absolute Gasteiger partial charge is 0.0273 e. The number of benzene rings is 1. The third-order valence-electron chi connectivity index (χ3n) is 5.29. The summed E-state index contributed by atoms with van der Waals surface area (Å²) in [6, 6.07) is 11.5. The van der Waals surface area contributed by atoms with E-state index in [-0.39, 0.29) is 0 Å². The highest BCUT2D eigenvalue weighted by atomic mass is 15.2. The van der Waals surface area contributed by atoms with Crippen LogP contribution >= 0.6 is 0 Å². The van der Waals surface area contributed by atoms with Crippen LogP contribution in [0.4, 0.5) is 0 Å². The van der Waals surface area contributed by atoms with Crippen LogP contribution in [-0.4, -0.2) is 6.04 Å². The number of nitrogens with one attached hydrogen (secondary N) is 1. The first kappa shape index (κ1) is 13.1. The summed E-state index contributed by atoms with van der Waals surface area (Å²) in [6.45, 7) is 2.38. The monoisotopic (exact) mass is 258 g/mol. The topological polar surface area (TPSA) is 38.0 Å². The predicted molar refractivity (Wildman–Crippen MR) is 79.5 cm³/mol. The van der Waals surface area contributed by atoms with Crippen molar-refractivity contribution in [1.82, 2.24) is 5.43 Å². The van der Waals surface area contributed by atoms with Crippen LogP contribution in [0.3, 0.4) is 0 Å². The lowest BCUT2D eigenvalue weighted by Gasteiger charge is -2.32. The second-order valence-corrected chi connectivity index (χ2v) is 6.63. The van der Waals surface area contributed by atoms with Gasteiger partial charge in [-0.05, 0) is 48.5 Å². The van der Waals surface area contributed by atoms with Crippen molar-refractivity contribution < 1.29 is 0 Å². The van der Waals surface area contributed by atoms with Crippen LogP contribution < -0.4 is 11.3 Å². The van der Waals surface area contributed by atoms with E-state index in [4.69, 9.17) is 5.84 Å². The highest BCUT2D eigenvalue weighted by Crippen LogP contribution is 2.52. The van der Waals surface area contributed by atoms with Gasteiger partial charge in [-0.1, -0.05) is 50.1 Å². The maximum Gasteiger partial charge on any atom is 0.0273 e. The molecular weight excluding hydrogens is 232 g/mol. The van der Waals surface area contributed by atoms with E-state index >= 15 is 0 Å². The van der Waals surface area contributed by atoms with Gasteiger partial charge in [0.2, 0.25) is 0 Å². The normalized spacial score (nSPS) is 35.9. The van der Waals surface area contributed by atoms with Gasteiger partial charge < -0.3 is 0 Å². The van der Waals surface area contributed by atoms with Crippen molar-refractivity contribution in [3.8, 4) is 0 Å². The zero-order chi connectivity index (χ0) is 13.2. The third-order valence-corrected chi connectivity index (χ3v) is 5.29. The minimum atomic E-state index is 0.526. The molecule has 0 spiro atoms. The Morgan fingerprint density at radius 1 is 1.11 bits per heavy atom. The van der Waals surface area contributed by atoms with Crippen molar-refractivity contribution in [2.24, 2.45) is 23.6 Å². The highest BCUT2D eigenvalue weighted by Gasteiger charge is 2.46. The standard InChI is InChI=1S/C17H26N2/c1-12-7-9-14(10-8-12)17(19-18)16-11-15(16)13-5-3-2-4-6-13/h2-6,12,14-17,19H,7-11,18H2,1H3. The summed E-state index contributed by atoms with van der Waals surface area (Å²) < 4.78 is 0. The van der Waals surface area contributed by atoms with Gasteiger partial charge in [0.05, 0.1) is 0 Å². The molecule has 0 radical (unpaired) electrons. The van der Waals surface area contributed by atoms with Gasteiger partial charge in [-0.3, -0.25) is 11.3 Å². The average molecular weight is 258 g/mol. The Morgan fingerprint density at radius 2 is 1.79 bits per heavy atom. The second kappa shape index (κ2) is 5.64. The van der Waals surface area contributed by atoms with E-state index in [9.17, 15) is 0 Å². The molecule has 2 saturated carbocycles. The van der Waals surface area contributed by atoms with Crippen LogP contribution in [0.25, 0.3) is 0 Å². The van der Waals surface area contributed by atoms with E-state index in [1.54, 1.807) is 0 Å². The lowest BCUT2D eigenvalue weighted by molar-refractivity contribution is 0.214. The number of hydrogen-bond acceptors (Lipinski definition) is 2. The molecule has 0 aliphatic heterocycles. The summed E-state index contributed by atoms with van der Waals surface area (Å²) in [5.41, 5.74) is 4.65. The van der Waals surface area contributed by atoms with E-state index in [0.29, 0.717) is 6.04 Å². The van der Waals surface area contributed by atoms with E-state index in [2.05, 4.69) is 42.7 Å². The minimum absolute atomic E-state index is 0.526. The maximum atomic E-state index is 5.87. The summed E-state index contributed by atoms with van der Waals surface area (Å²) >= 11 is 0. The molecule has 2 nitrogen and oxygen atoms in total. The predicted octanol–water partition coefficient (Wildman–Crippen LogP) is 3.45. The molecule has 1 aromatic rings. The minimum Gasteiger partial charge on any atom is -0.271 e. The molecule has 1 aromatic carbocycles. The summed E-state index contributed by atoms with van der Waals surface area (Å²) in [5.74, 6) is 9.07. The number of rotatable bonds is 4. The van der Waals surface area contributed by atoms with Gasteiger partial charge in [-0.2, -0.15) is 0 Å². The molecule has 3 N–H and O–H groups in total. The Kier molecular flexibility index (Phi) is 3.90. The molecular formula is C17H26N2. The van der Waals surface area contributed by atoms with Crippen molar-refractivity contribution in [1.29, 1.82) is 0 Å². The summed E-state index contributed by atoms with van der Waals surface area (Å²) in [7, 11) is 0. The highest BCUT2D eigenvalue weighted by molar-refractivity contribution is 5.26. The lowest BCUT2D eigenvalue weighted by atomic mass is 9.77. The zero-order valence-electron chi connectivity index (χ0n) is 11.9. The summed E-state index contributed by atoms with van der Waals surface area (Å²) in [5, 5.41) is 0. The van der Waals surface area contributed by atoms with Crippen molar-refractivity contribution >= 4 is 0 Å². The van der Waals surface area contributed by atoms with Gasteiger partial charge >= 0.3 is 0 Å². The summed E-state index contributed by atoms with van der Waals surface area (Å²) in [4.78, 5) is 0. The number of hydrogen-bond donors (Lipinski definition) is 2. The molecule has 2 aliphatic rings. The molecule has 3 unspecified atom stereocenters. The first-order valence-electron chi connectivity index (χ1n) is 7.80. The van der Waals surface area contributed by atoms with Crippen LogP contribution in [0.1, 0.15) is 50.5 Å². The molecule has 3 atom stereocenters. The third kappa shape index (κ3) is 2.85. The molecule has 0 amide bonds. The summed E-state index contributed by atoms with van der Waals surface area (Å²) in [6.07, 6.45) is 6.78. The zero-order valence-corrected chi connectivity index (χ0v) is 11.9. The van der Waals surface area contributed by atoms with Crippen LogP contribution in [0, 0.1) is 17.8 Å². The van der Waals surface area contributed by atoms with Crippen LogP contribution in [0.5, 0.6) is 0 Å². The van der Waals surface area contributed by atoms with Crippen LogP contribution in [0.15, 0.2) is 30.3 Å². The fourth-order valence-electron chi connectivity index (χ4n) is 3.95. The van der Waals surface area contributed by atoms with Gasteiger partial charge in [0.25, 0.3) is 0 Å². The van der Waals surface area contributed by atoms with Crippen molar-refractivity contribution in [2.45, 2.75) is 51.0 Å². The Hall–Kier alpha value is -0.860. The second-order valence-electron chi connectivity index (χ2n) is 6.63. The molecule has 0 aromatic heterocycles. The molecule has 2 fully saturated rings. The van der Waals surface area contributed by atoms with Gasteiger partial charge in [0, 0.05) is 6.04 Å². The Bertz CT molecular complexity index is 395. The van der Waals surface area contributed by atoms with E-state index in [1.807, 2.05) is 0 Å². The molecule has 0 heterocycles. The average Bonchev–Trinajstić information content (AvgIpc) is 3.23. The van der Waals surface area contributed by atoms with Crippen LogP contribution in [-0.2, 0) is 0 Å². The molecule has 0 bridgehead atoms. The molecule has 3 rings (SSSR count). The largest absolute Gasteiger partial charge is 0.271 e. The van der Waals surface area contributed by atoms with Gasteiger partial charge in [0.15, 0.2) is 0 Å². The lowest BCUT2D eigenvalue weighted by Crippen LogP contribution is -2.44. The SMILES string of the molecule is CC1CCC(C(NN)C2CC2c2ccccc2)CC1. The van der Waals surface area contributed by atoms with Crippen molar-refractivity contribution in [3.05, 3.63) is 35.9 Å². The van der Waals surface area contributed by atoms with E-state index in [1.165, 1.54) is 37.7 Å². The van der Waals surface area contributed by atoms with Gasteiger partial charge in [0.1, 0.15) is 0 Å². The van der Waals surface area contributed by atoms with E-state index in [0.717, 1.165) is 23.7 Å². The first-order chi connectivity index (χ1) is 9.29. The van der Waals surface area contributed by atoms with Gasteiger partial charge in [-0.25, -0.2) is 0 Å². The Balaban J connectivity index is 1.62. The fraction of sp³-hybridized carbons (Fsp3) is 0.647. The Morgan fingerprint density at radius 3 is 2.42 bits per heavy atom. The van der Waals surface area contributed by atoms with E-state index < -0.39 is 0 Å². The Labute approximate surface area is 116 Å².